The van der Waals surface area contributed by atoms with Gasteiger partial charge in [-0.3, -0.25) is 19.1 Å². The van der Waals surface area contributed by atoms with Crippen molar-refractivity contribution in [3.05, 3.63) is 0 Å². The number of rotatable bonds is 18. The van der Waals surface area contributed by atoms with Crippen molar-refractivity contribution >= 4 is 36.5 Å². The van der Waals surface area contributed by atoms with Crippen LogP contribution >= 0.6 is 19.0 Å². The molecular formula is C17H35FN5O3PS. The van der Waals surface area contributed by atoms with Crippen LogP contribution in [-0.2, 0) is 9.59 Å². The molecule has 0 spiro atoms. The lowest BCUT2D eigenvalue weighted by Gasteiger charge is -2.09. The van der Waals surface area contributed by atoms with E-state index in [9.17, 15) is 18.6 Å². The number of unbranched alkanes of at least 4 members (excludes halogenated alkanes) is 6. The first-order chi connectivity index (χ1) is 13.5. The van der Waals surface area contributed by atoms with Crippen LogP contribution in [0.2, 0.25) is 0 Å². The summed E-state index contributed by atoms with van der Waals surface area (Å²) < 4.78 is 16.1. The van der Waals surface area contributed by atoms with E-state index in [4.69, 9.17) is 11.5 Å². The molecule has 8 nitrogen and oxygen atoms in total. The molecule has 0 radical (unpaired) electrons. The number of hydrogen-bond donors (Lipinski definition) is 5. The normalized spacial score (nSPS) is 11.7. The van der Waals surface area contributed by atoms with Gasteiger partial charge in [-0.25, -0.2) is 4.20 Å². The minimum atomic E-state index is -2.54. The number of nitrogens with two attached hydrogens (primary N) is 2. The molecule has 1 unspecified atom stereocenters. The van der Waals surface area contributed by atoms with Crippen LogP contribution in [0.3, 0.4) is 0 Å². The molecule has 1 atom stereocenters. The van der Waals surface area contributed by atoms with Crippen molar-refractivity contribution in [1.29, 1.82) is 0 Å². The Kier molecular flexibility index (Phi) is 18.7. The molecule has 0 heterocycles. The standard InChI is InChI=1S/C17H35FN5O3PS/c18-27(17(26)22-14-8-4-2-6-12-20)28-23-16(25)10-9-15(24)21-13-7-3-1-5-11-19/h1-14,19-20H2,(H,21,24)(H,22,26)(H,23,25). The Morgan fingerprint density at radius 1 is 0.750 bits per heavy atom. The predicted molar refractivity (Wildman–Crippen MR) is 114 cm³/mol. The molecule has 28 heavy (non-hydrogen) atoms. The van der Waals surface area contributed by atoms with Gasteiger partial charge in [-0.1, -0.05) is 25.7 Å². The van der Waals surface area contributed by atoms with E-state index in [0.29, 0.717) is 37.7 Å². The first kappa shape index (κ1) is 27.0. The van der Waals surface area contributed by atoms with Crippen LogP contribution in [-0.4, -0.2) is 43.6 Å². The highest BCUT2D eigenvalue weighted by Crippen LogP contribution is 2.49. The van der Waals surface area contributed by atoms with Crippen molar-refractivity contribution in [2.45, 2.75) is 64.2 Å². The van der Waals surface area contributed by atoms with Crippen LogP contribution in [0.5, 0.6) is 0 Å². The predicted octanol–water partition coefficient (Wildman–Crippen LogP) is 2.68. The van der Waals surface area contributed by atoms with Crippen molar-refractivity contribution in [2.24, 2.45) is 11.5 Å². The number of amides is 3. The molecule has 0 fully saturated rings. The van der Waals surface area contributed by atoms with Gasteiger partial charge in [0.2, 0.25) is 11.8 Å². The fourth-order valence-electron chi connectivity index (χ4n) is 2.23. The van der Waals surface area contributed by atoms with Gasteiger partial charge in [0.25, 0.3) is 13.1 Å². The maximum absolute atomic E-state index is 13.8. The monoisotopic (exact) mass is 439 g/mol. The van der Waals surface area contributed by atoms with E-state index in [1.807, 2.05) is 0 Å². The maximum Gasteiger partial charge on any atom is 0.286 e. The maximum atomic E-state index is 13.8. The second-order valence-corrected chi connectivity index (χ2v) is 9.14. The Balaban J connectivity index is 3.67. The van der Waals surface area contributed by atoms with Gasteiger partial charge in [0, 0.05) is 37.5 Å². The van der Waals surface area contributed by atoms with E-state index in [2.05, 4.69) is 15.4 Å². The molecular weight excluding hydrogens is 404 g/mol. The van der Waals surface area contributed by atoms with E-state index < -0.39 is 19.0 Å². The molecule has 0 saturated heterocycles. The lowest BCUT2D eigenvalue weighted by molar-refractivity contribution is -0.125. The molecule has 11 heteroatoms. The molecule has 0 aromatic heterocycles. The van der Waals surface area contributed by atoms with Crippen LogP contribution in [0.15, 0.2) is 0 Å². The Morgan fingerprint density at radius 2 is 1.25 bits per heavy atom. The van der Waals surface area contributed by atoms with Gasteiger partial charge in [0.15, 0.2) is 0 Å². The van der Waals surface area contributed by atoms with E-state index in [-0.39, 0.29) is 18.7 Å². The smallest absolute Gasteiger partial charge is 0.286 e. The molecule has 7 N–H and O–H groups in total. The van der Waals surface area contributed by atoms with Crippen molar-refractivity contribution in [3.63, 3.8) is 0 Å². The molecule has 0 bridgehead atoms. The summed E-state index contributed by atoms with van der Waals surface area (Å²) in [5, 5.41) is 5.26. The minimum absolute atomic E-state index is 0.0361. The fourth-order valence-corrected chi connectivity index (χ4v) is 3.82. The molecule has 0 aliphatic carbocycles. The lowest BCUT2D eigenvalue weighted by atomic mass is 10.2. The van der Waals surface area contributed by atoms with Crippen LogP contribution in [0.1, 0.15) is 64.2 Å². The van der Waals surface area contributed by atoms with Crippen molar-refractivity contribution < 1.29 is 18.6 Å². The Labute approximate surface area is 172 Å². The summed E-state index contributed by atoms with van der Waals surface area (Å²) in [6.45, 7) is 2.31. The molecule has 0 aliphatic rings. The summed E-state index contributed by atoms with van der Waals surface area (Å²) in [5.74, 6) is -0.684. The third-order valence-electron chi connectivity index (χ3n) is 3.84. The highest BCUT2D eigenvalue weighted by Gasteiger charge is 2.20. The summed E-state index contributed by atoms with van der Waals surface area (Å²) in [6.07, 6.45) is 7.53. The highest BCUT2D eigenvalue weighted by molar-refractivity contribution is 8.57. The summed E-state index contributed by atoms with van der Waals surface area (Å²) in [5.41, 5.74) is 10.1. The van der Waals surface area contributed by atoms with Crippen LogP contribution in [0.25, 0.3) is 0 Å². The fraction of sp³-hybridized carbons (Fsp3) is 0.824. The quantitative estimate of drug-likeness (QED) is 0.126. The average molecular weight is 440 g/mol. The van der Waals surface area contributed by atoms with Gasteiger partial charge in [-0.05, 0) is 38.8 Å². The third kappa shape index (κ3) is 17.2. The van der Waals surface area contributed by atoms with E-state index in [1.165, 1.54) is 0 Å². The Morgan fingerprint density at radius 3 is 1.82 bits per heavy atom. The topological polar surface area (TPSA) is 139 Å². The zero-order valence-electron chi connectivity index (χ0n) is 16.5. The zero-order chi connectivity index (χ0) is 21.0. The Hall–Kier alpha value is -0.960. The van der Waals surface area contributed by atoms with Gasteiger partial charge in [0.05, 0.1) is 0 Å². The summed E-state index contributed by atoms with van der Waals surface area (Å²) in [4.78, 5) is 34.9. The van der Waals surface area contributed by atoms with Crippen LogP contribution in [0, 0.1) is 0 Å². The average Bonchev–Trinajstić information content (AvgIpc) is 2.69. The highest BCUT2D eigenvalue weighted by atomic mass is 32.7. The second-order valence-electron chi connectivity index (χ2n) is 6.35. The summed E-state index contributed by atoms with van der Waals surface area (Å²) in [7, 11) is -2.54. The van der Waals surface area contributed by atoms with Crippen LogP contribution in [0.4, 0.5) is 8.99 Å². The first-order valence-corrected chi connectivity index (χ1v) is 12.5. The summed E-state index contributed by atoms with van der Waals surface area (Å²) in [6, 6.07) is 0. The van der Waals surface area contributed by atoms with E-state index in [1.54, 1.807) is 0 Å². The van der Waals surface area contributed by atoms with Gasteiger partial charge in [-0.15, -0.1) is 0 Å². The molecule has 3 amide bonds. The SMILES string of the molecule is NCCCCCCNC(=O)CCC(=O)NSP(F)C(=O)NCCCCCCN. The van der Waals surface area contributed by atoms with Gasteiger partial charge in [0.1, 0.15) is 0 Å². The van der Waals surface area contributed by atoms with Gasteiger partial charge in [-0.2, -0.15) is 0 Å². The second kappa shape index (κ2) is 19.4. The molecule has 164 valence electrons. The number of carbonyl (C=O) groups is 3. The zero-order valence-corrected chi connectivity index (χ0v) is 18.2. The van der Waals surface area contributed by atoms with Crippen LogP contribution < -0.4 is 26.8 Å². The van der Waals surface area contributed by atoms with Gasteiger partial charge < -0.3 is 22.1 Å². The lowest BCUT2D eigenvalue weighted by Crippen LogP contribution is -2.26. The number of nitrogens with one attached hydrogen (secondary N) is 3. The van der Waals surface area contributed by atoms with Crippen molar-refractivity contribution in [2.75, 3.05) is 26.2 Å². The van der Waals surface area contributed by atoms with Crippen molar-refractivity contribution in [3.8, 4) is 0 Å². The van der Waals surface area contributed by atoms with E-state index in [0.717, 1.165) is 51.4 Å². The molecule has 0 saturated carbocycles. The number of carbonyl (C=O) groups excluding carboxylic acids is 3. The Bertz CT molecular complexity index is 449. The first-order valence-electron chi connectivity index (χ1n) is 9.87. The molecule has 0 aromatic carbocycles. The number of hydrogen-bond acceptors (Lipinski definition) is 6. The largest absolute Gasteiger partial charge is 0.356 e. The third-order valence-corrected chi connectivity index (χ3v) is 6.05. The van der Waals surface area contributed by atoms with E-state index >= 15 is 0 Å². The molecule has 0 aromatic rings. The van der Waals surface area contributed by atoms with Crippen molar-refractivity contribution in [1.82, 2.24) is 15.4 Å². The minimum Gasteiger partial charge on any atom is -0.356 e. The summed E-state index contributed by atoms with van der Waals surface area (Å²) >= 11 is 0.473. The number of halogens is 1. The molecule has 0 aliphatic heterocycles. The molecule has 0 rings (SSSR count). The van der Waals surface area contributed by atoms with Gasteiger partial charge >= 0.3 is 0 Å².